The Morgan fingerprint density at radius 1 is 0.911 bits per heavy atom. The number of imidazole rings is 1. The van der Waals surface area contributed by atoms with E-state index in [0.29, 0.717) is 40.1 Å². The van der Waals surface area contributed by atoms with Crippen LogP contribution in [0.4, 0.5) is 10.2 Å². The summed E-state index contributed by atoms with van der Waals surface area (Å²) in [6, 6.07) is 14.8. The second kappa shape index (κ2) is 16.7. The quantitative estimate of drug-likeness (QED) is 0.216. The lowest BCUT2D eigenvalue weighted by Crippen LogP contribution is -2.49. The Kier molecular flexibility index (Phi) is 12.4. The number of likely N-dealkylation sites (N-methyl/N-ethyl adjacent to an activating group) is 1. The van der Waals surface area contributed by atoms with E-state index in [0.717, 1.165) is 57.7 Å². The van der Waals surface area contributed by atoms with Gasteiger partial charge in [0.25, 0.3) is 0 Å². The molecule has 3 heterocycles. The third-order valence-electron chi connectivity index (χ3n) is 8.16. The molecule has 1 aliphatic heterocycles. The molecule has 0 bridgehead atoms. The van der Waals surface area contributed by atoms with E-state index < -0.39 is 5.82 Å². The number of nitrogen functional groups attached to an aromatic ring is 1. The summed E-state index contributed by atoms with van der Waals surface area (Å²) in [6.07, 6.45) is 12.8. The SMILES string of the molecule is C=C/C=C\C=C.CC.CN1CCN(C2CCC(c3nc(-c4ccc(Oc5ccccc5)cc4F)c4c(N)ncnn34)CC2)CC1. The number of ether oxygens (including phenoxy) is 1. The van der Waals surface area contributed by atoms with Crippen molar-refractivity contribution in [3.8, 4) is 22.8 Å². The molecule has 2 aromatic carbocycles. The van der Waals surface area contributed by atoms with Crippen LogP contribution in [0.15, 0.2) is 92.3 Å². The van der Waals surface area contributed by atoms with E-state index in [9.17, 15) is 0 Å². The number of nitrogens with zero attached hydrogens (tertiary/aromatic N) is 6. The van der Waals surface area contributed by atoms with Crippen molar-refractivity contribution in [1.29, 1.82) is 0 Å². The lowest BCUT2D eigenvalue weighted by molar-refractivity contribution is 0.0872. The van der Waals surface area contributed by atoms with Gasteiger partial charge in [0.1, 0.15) is 40.7 Å². The van der Waals surface area contributed by atoms with Gasteiger partial charge in [0.05, 0.1) is 0 Å². The van der Waals surface area contributed by atoms with Crippen LogP contribution in [0.3, 0.4) is 0 Å². The first-order chi connectivity index (χ1) is 22.0. The zero-order valence-corrected chi connectivity index (χ0v) is 26.8. The Bertz CT molecular complexity index is 1540. The minimum Gasteiger partial charge on any atom is -0.457 e. The molecular weight excluding hydrogens is 565 g/mol. The average molecular weight is 612 g/mol. The van der Waals surface area contributed by atoms with Gasteiger partial charge in [0.2, 0.25) is 0 Å². The molecule has 0 amide bonds. The second-order valence-corrected chi connectivity index (χ2v) is 11.0. The van der Waals surface area contributed by atoms with Gasteiger partial charge < -0.3 is 15.4 Å². The molecule has 9 heteroatoms. The molecule has 6 rings (SSSR count). The highest BCUT2D eigenvalue weighted by Crippen LogP contribution is 2.39. The van der Waals surface area contributed by atoms with E-state index in [-0.39, 0.29) is 5.92 Å². The van der Waals surface area contributed by atoms with Crippen molar-refractivity contribution < 1.29 is 9.13 Å². The molecule has 45 heavy (non-hydrogen) atoms. The highest BCUT2D eigenvalue weighted by Gasteiger charge is 2.32. The van der Waals surface area contributed by atoms with Gasteiger partial charge in [-0.1, -0.05) is 69.5 Å². The van der Waals surface area contributed by atoms with E-state index in [2.05, 4.69) is 40.1 Å². The Morgan fingerprint density at radius 3 is 2.20 bits per heavy atom. The standard InChI is InChI=1S/C28H32FN7O.C6H8.C2H6/c1-34-13-15-35(16-14-34)20-9-7-19(8-10-20)28-33-25(26-27(30)31-18-32-36(26)28)23-12-11-22(17-24(23)29)37-21-5-3-2-4-6-21;1-3-5-6-4-2;1-2/h2-6,11-12,17-20H,7-10,13-16H2,1H3,(H2,30,31,32);3-6H,1-2H2;1-2H3/b;6-5-;. The molecule has 2 fully saturated rings. The fraction of sp³-hybridized carbons (Fsp3) is 0.361. The van der Waals surface area contributed by atoms with Gasteiger partial charge in [-0.2, -0.15) is 5.10 Å². The summed E-state index contributed by atoms with van der Waals surface area (Å²) in [5, 5.41) is 4.48. The highest BCUT2D eigenvalue weighted by atomic mass is 19.1. The highest BCUT2D eigenvalue weighted by molar-refractivity contribution is 5.85. The Balaban J connectivity index is 0.000000519. The number of fused-ring (bicyclic) bond motifs is 1. The van der Waals surface area contributed by atoms with E-state index in [1.165, 1.54) is 12.4 Å². The number of rotatable bonds is 7. The third-order valence-corrected chi connectivity index (χ3v) is 8.16. The maximum Gasteiger partial charge on any atom is 0.153 e. The molecule has 1 aliphatic carbocycles. The second-order valence-electron chi connectivity index (χ2n) is 11.0. The number of allylic oxidation sites excluding steroid dienone is 4. The minimum absolute atomic E-state index is 0.239. The first-order valence-corrected chi connectivity index (χ1v) is 15.8. The van der Waals surface area contributed by atoms with Crippen LogP contribution >= 0.6 is 0 Å². The molecule has 8 nitrogen and oxygen atoms in total. The maximum absolute atomic E-state index is 15.4. The predicted molar refractivity (Wildman–Crippen MR) is 182 cm³/mol. The van der Waals surface area contributed by atoms with E-state index in [4.69, 9.17) is 15.5 Å². The molecule has 0 atom stereocenters. The molecule has 0 radical (unpaired) electrons. The monoisotopic (exact) mass is 611 g/mol. The van der Waals surface area contributed by atoms with Crippen molar-refractivity contribution in [1.82, 2.24) is 29.4 Å². The molecule has 238 valence electrons. The summed E-state index contributed by atoms with van der Waals surface area (Å²) < 4.78 is 23.0. The average Bonchev–Trinajstić information content (AvgIpc) is 3.47. The van der Waals surface area contributed by atoms with Crippen LogP contribution in [0.2, 0.25) is 0 Å². The third kappa shape index (κ3) is 8.44. The molecule has 1 saturated carbocycles. The molecule has 2 aromatic heterocycles. The Hall–Kier alpha value is -4.34. The summed E-state index contributed by atoms with van der Waals surface area (Å²) in [5.74, 6) is 2.00. The topological polar surface area (TPSA) is 84.8 Å². The van der Waals surface area contributed by atoms with Crippen LogP contribution in [-0.2, 0) is 0 Å². The zero-order chi connectivity index (χ0) is 32.2. The van der Waals surface area contributed by atoms with Gasteiger partial charge in [0.15, 0.2) is 5.82 Å². The summed E-state index contributed by atoms with van der Waals surface area (Å²) in [5.41, 5.74) is 7.66. The molecular formula is C36H46FN7O. The summed E-state index contributed by atoms with van der Waals surface area (Å²) in [7, 11) is 2.19. The number of para-hydroxylation sites is 1. The van der Waals surface area contributed by atoms with E-state index in [1.54, 1.807) is 28.8 Å². The van der Waals surface area contributed by atoms with Crippen LogP contribution < -0.4 is 10.5 Å². The van der Waals surface area contributed by atoms with E-state index >= 15 is 4.39 Å². The van der Waals surface area contributed by atoms with Crippen LogP contribution in [0.5, 0.6) is 11.5 Å². The van der Waals surface area contributed by atoms with Crippen LogP contribution in [0.25, 0.3) is 16.8 Å². The summed E-state index contributed by atoms with van der Waals surface area (Å²) >= 11 is 0. The predicted octanol–water partition coefficient (Wildman–Crippen LogP) is 7.52. The summed E-state index contributed by atoms with van der Waals surface area (Å²) in [4.78, 5) is 14.2. The zero-order valence-electron chi connectivity index (χ0n) is 26.8. The Labute approximate surface area is 266 Å². The number of anilines is 1. The largest absolute Gasteiger partial charge is 0.457 e. The van der Waals surface area contributed by atoms with Crippen molar-refractivity contribution in [2.75, 3.05) is 39.0 Å². The Morgan fingerprint density at radius 2 is 1.58 bits per heavy atom. The molecule has 0 unspecified atom stereocenters. The number of hydrogen-bond donors (Lipinski definition) is 1. The molecule has 2 aliphatic rings. The lowest BCUT2D eigenvalue weighted by Gasteiger charge is -2.40. The van der Waals surface area contributed by atoms with Crippen molar-refractivity contribution in [3.63, 3.8) is 0 Å². The first-order valence-electron chi connectivity index (χ1n) is 15.8. The molecule has 0 spiro atoms. The first kappa shape index (κ1) is 33.6. The maximum atomic E-state index is 15.4. The number of piperazine rings is 1. The number of halogens is 1. The molecule has 1 saturated heterocycles. The van der Waals surface area contributed by atoms with Crippen molar-refractivity contribution >= 4 is 11.3 Å². The van der Waals surface area contributed by atoms with Gasteiger partial charge in [-0.05, 0) is 57.0 Å². The molecule has 4 aromatic rings. The van der Waals surface area contributed by atoms with Crippen LogP contribution in [-0.4, -0.2) is 68.7 Å². The van der Waals surface area contributed by atoms with Gasteiger partial charge in [-0.15, -0.1) is 0 Å². The fourth-order valence-electron chi connectivity index (χ4n) is 5.85. The molecule has 2 N–H and O–H groups in total. The number of aromatic nitrogens is 4. The van der Waals surface area contributed by atoms with Gasteiger partial charge in [-0.25, -0.2) is 18.9 Å². The number of hydrogen-bond acceptors (Lipinski definition) is 7. The normalized spacial score (nSPS) is 18.8. The summed E-state index contributed by atoms with van der Waals surface area (Å²) in [6.45, 7) is 15.5. The van der Waals surface area contributed by atoms with Gasteiger partial charge in [0, 0.05) is 49.8 Å². The van der Waals surface area contributed by atoms with Crippen molar-refractivity contribution in [2.45, 2.75) is 51.5 Å². The van der Waals surface area contributed by atoms with Crippen molar-refractivity contribution in [3.05, 3.63) is 104 Å². The number of nitrogens with two attached hydrogens (primary N) is 1. The van der Waals surface area contributed by atoms with Gasteiger partial charge >= 0.3 is 0 Å². The fourth-order valence-corrected chi connectivity index (χ4v) is 5.85. The van der Waals surface area contributed by atoms with Crippen LogP contribution in [0.1, 0.15) is 51.3 Å². The minimum atomic E-state index is -0.429. The van der Waals surface area contributed by atoms with Crippen molar-refractivity contribution in [2.24, 2.45) is 0 Å². The van der Waals surface area contributed by atoms with Gasteiger partial charge in [-0.3, -0.25) is 4.90 Å². The lowest BCUT2D eigenvalue weighted by atomic mass is 9.84. The van der Waals surface area contributed by atoms with E-state index in [1.807, 2.05) is 56.3 Å². The number of benzene rings is 2. The smallest absolute Gasteiger partial charge is 0.153 e. The van der Waals surface area contributed by atoms with Crippen LogP contribution in [0, 0.1) is 5.82 Å².